The fourth-order valence-electron chi connectivity index (χ4n) is 4.06. The average Bonchev–Trinajstić information content (AvgIpc) is 2.84. The van der Waals surface area contributed by atoms with Crippen molar-refractivity contribution < 1.29 is 15.0 Å². The van der Waals surface area contributed by atoms with Gasteiger partial charge in [0.15, 0.2) is 0 Å². The van der Waals surface area contributed by atoms with E-state index in [4.69, 9.17) is 11.6 Å². The number of halogens is 1. The topological polar surface area (TPSA) is 105 Å². The lowest BCUT2D eigenvalue weighted by Crippen LogP contribution is -2.32. The van der Waals surface area contributed by atoms with Gasteiger partial charge in [0.2, 0.25) is 0 Å². The van der Waals surface area contributed by atoms with Crippen LogP contribution in [0, 0.1) is 12.8 Å². The lowest BCUT2D eigenvalue weighted by atomic mass is 9.93. The molecule has 2 atom stereocenters. The van der Waals surface area contributed by atoms with E-state index in [9.17, 15) is 19.8 Å². The quantitative estimate of drug-likeness (QED) is 0.357. The molecule has 4 rings (SSSR count). The summed E-state index contributed by atoms with van der Waals surface area (Å²) in [6, 6.07) is 21.0. The largest absolute Gasteiger partial charge is 0.481 e. The third-order valence-corrected chi connectivity index (χ3v) is 6.42. The van der Waals surface area contributed by atoms with Gasteiger partial charge in [-0.25, -0.2) is 4.68 Å². The van der Waals surface area contributed by atoms with Crippen LogP contribution >= 0.6 is 11.6 Å². The van der Waals surface area contributed by atoms with Gasteiger partial charge in [-0.1, -0.05) is 70.9 Å². The predicted octanol–water partition coefficient (Wildman–Crippen LogP) is 4.50. The summed E-state index contributed by atoms with van der Waals surface area (Å²) in [7, 11) is 0. The number of rotatable bonds is 9. The number of aryl methyl sites for hydroxylation is 3. The van der Waals surface area contributed by atoms with E-state index in [1.807, 2.05) is 31.2 Å². The molecule has 180 valence electrons. The van der Waals surface area contributed by atoms with Gasteiger partial charge >= 0.3 is 5.97 Å². The van der Waals surface area contributed by atoms with Crippen molar-refractivity contribution in [1.29, 1.82) is 0 Å². The third kappa shape index (κ3) is 5.93. The monoisotopic (exact) mass is 491 g/mol. The van der Waals surface area contributed by atoms with Gasteiger partial charge in [-0.05, 0) is 61.1 Å². The molecule has 8 heteroatoms. The van der Waals surface area contributed by atoms with Gasteiger partial charge in [-0.3, -0.25) is 9.59 Å². The Balaban J connectivity index is 1.38. The minimum atomic E-state index is -1.11. The van der Waals surface area contributed by atoms with E-state index in [2.05, 4.69) is 34.6 Å². The molecule has 0 unspecified atom stereocenters. The molecule has 0 spiro atoms. The Morgan fingerprint density at radius 3 is 2.31 bits per heavy atom. The van der Waals surface area contributed by atoms with Crippen molar-refractivity contribution in [3.8, 4) is 11.1 Å². The normalized spacial score (nSPS) is 13.0. The number of benzene rings is 3. The van der Waals surface area contributed by atoms with Gasteiger partial charge in [0.05, 0.1) is 17.4 Å². The molecular formula is C27H26ClN3O4. The number of carboxylic acids is 1. The second-order valence-corrected chi connectivity index (χ2v) is 9.12. The maximum absolute atomic E-state index is 12.7. The SMILES string of the molecule is Cc1ccc(-c2ccc(CC[C@@H](O)[C@H](CCn3nnc4cc(Cl)ccc4c3=O)C(=O)O)cc2)cc1. The number of aromatic nitrogens is 3. The van der Waals surface area contributed by atoms with Gasteiger partial charge in [0.25, 0.3) is 5.56 Å². The number of nitrogens with zero attached hydrogens (tertiary/aromatic N) is 3. The highest BCUT2D eigenvalue weighted by atomic mass is 35.5. The standard InChI is InChI=1S/C27H26ClN3O4/c1-17-2-7-19(8-3-17)20-9-4-18(5-10-20)6-13-25(32)23(27(34)35)14-15-31-26(33)22-12-11-21(28)16-24(22)29-30-31/h2-5,7-12,16,23,25,32H,6,13-15H2,1H3,(H,34,35)/t23-,25+/m0/s1. The maximum atomic E-state index is 12.7. The number of hydrogen-bond donors (Lipinski definition) is 2. The van der Waals surface area contributed by atoms with Crippen molar-refractivity contribution in [1.82, 2.24) is 15.0 Å². The fourth-order valence-corrected chi connectivity index (χ4v) is 4.23. The highest BCUT2D eigenvalue weighted by Gasteiger charge is 2.26. The first kappa shape index (κ1) is 24.6. The van der Waals surface area contributed by atoms with Crippen molar-refractivity contribution in [2.24, 2.45) is 5.92 Å². The Morgan fingerprint density at radius 1 is 1.00 bits per heavy atom. The van der Waals surface area contributed by atoms with Gasteiger partial charge < -0.3 is 10.2 Å². The molecule has 4 aromatic rings. The zero-order valence-corrected chi connectivity index (χ0v) is 20.0. The van der Waals surface area contributed by atoms with Crippen molar-refractivity contribution >= 4 is 28.5 Å². The number of fused-ring (bicyclic) bond motifs is 1. The molecule has 0 bridgehead atoms. The van der Waals surface area contributed by atoms with E-state index in [0.717, 1.165) is 21.4 Å². The van der Waals surface area contributed by atoms with Crippen LogP contribution in [-0.4, -0.2) is 37.3 Å². The van der Waals surface area contributed by atoms with E-state index in [1.165, 1.54) is 5.56 Å². The molecule has 0 amide bonds. The van der Waals surface area contributed by atoms with Crippen LogP contribution < -0.4 is 5.56 Å². The zero-order valence-electron chi connectivity index (χ0n) is 19.3. The number of aliphatic carboxylic acids is 1. The first-order valence-electron chi connectivity index (χ1n) is 11.4. The van der Waals surface area contributed by atoms with Crippen molar-refractivity contribution in [2.45, 2.75) is 38.8 Å². The van der Waals surface area contributed by atoms with Gasteiger partial charge in [-0.2, -0.15) is 0 Å². The van der Waals surface area contributed by atoms with Crippen LogP contribution in [0.4, 0.5) is 0 Å². The van der Waals surface area contributed by atoms with Gasteiger partial charge in [0, 0.05) is 11.6 Å². The van der Waals surface area contributed by atoms with Crippen LogP contribution in [0.25, 0.3) is 22.0 Å². The molecule has 0 fully saturated rings. The second kappa shape index (κ2) is 10.8. The minimum absolute atomic E-state index is 0.0314. The van der Waals surface area contributed by atoms with Crippen molar-refractivity contribution in [2.75, 3.05) is 0 Å². The Kier molecular flexibility index (Phi) is 7.58. The number of carbonyl (C=O) groups is 1. The van der Waals surface area contributed by atoms with E-state index in [1.54, 1.807) is 18.2 Å². The lowest BCUT2D eigenvalue weighted by Gasteiger charge is -2.19. The van der Waals surface area contributed by atoms with E-state index >= 15 is 0 Å². The van der Waals surface area contributed by atoms with E-state index < -0.39 is 18.0 Å². The molecule has 0 saturated carbocycles. The number of aliphatic hydroxyl groups is 1. The Bertz CT molecular complexity index is 1380. The van der Waals surface area contributed by atoms with E-state index in [-0.39, 0.29) is 24.9 Å². The van der Waals surface area contributed by atoms with Gasteiger partial charge in [0.1, 0.15) is 5.52 Å². The summed E-state index contributed by atoms with van der Waals surface area (Å²) < 4.78 is 1.13. The summed E-state index contributed by atoms with van der Waals surface area (Å²) >= 11 is 5.93. The first-order chi connectivity index (χ1) is 16.8. The summed E-state index contributed by atoms with van der Waals surface area (Å²) in [6.45, 7) is 2.08. The van der Waals surface area contributed by atoms with Crippen LogP contribution in [0.3, 0.4) is 0 Å². The Hall–Kier alpha value is -3.55. The average molecular weight is 492 g/mol. The third-order valence-electron chi connectivity index (χ3n) is 6.19. The highest BCUT2D eigenvalue weighted by Crippen LogP contribution is 2.22. The highest BCUT2D eigenvalue weighted by molar-refractivity contribution is 6.31. The van der Waals surface area contributed by atoms with Crippen LogP contribution in [0.15, 0.2) is 71.5 Å². The summed E-state index contributed by atoms with van der Waals surface area (Å²) in [6.07, 6.45) is -0.184. The maximum Gasteiger partial charge on any atom is 0.309 e. The van der Waals surface area contributed by atoms with Crippen molar-refractivity contribution in [3.63, 3.8) is 0 Å². The Morgan fingerprint density at radius 2 is 1.66 bits per heavy atom. The molecule has 2 N–H and O–H groups in total. The molecule has 7 nitrogen and oxygen atoms in total. The lowest BCUT2D eigenvalue weighted by molar-refractivity contribution is -0.146. The smallest absolute Gasteiger partial charge is 0.309 e. The predicted molar refractivity (Wildman–Crippen MR) is 135 cm³/mol. The van der Waals surface area contributed by atoms with Crippen molar-refractivity contribution in [3.05, 3.63) is 93.2 Å². The fraction of sp³-hybridized carbons (Fsp3) is 0.259. The van der Waals surface area contributed by atoms with Crippen LogP contribution in [-0.2, 0) is 17.8 Å². The summed E-state index contributed by atoms with van der Waals surface area (Å²) in [5.41, 5.74) is 4.44. The molecule has 0 aliphatic heterocycles. The first-order valence-corrected chi connectivity index (χ1v) is 11.8. The van der Waals surface area contributed by atoms with E-state index in [0.29, 0.717) is 22.3 Å². The Labute approximate surface area is 207 Å². The summed E-state index contributed by atoms with van der Waals surface area (Å²) in [4.78, 5) is 24.5. The van der Waals surface area contributed by atoms with Crippen LogP contribution in [0.5, 0.6) is 0 Å². The van der Waals surface area contributed by atoms with Crippen LogP contribution in [0.1, 0.15) is 24.0 Å². The molecule has 35 heavy (non-hydrogen) atoms. The number of carboxylic acid groups (broad SMARTS) is 1. The number of hydrogen-bond acceptors (Lipinski definition) is 5. The minimum Gasteiger partial charge on any atom is -0.481 e. The number of aliphatic hydroxyl groups excluding tert-OH is 1. The second-order valence-electron chi connectivity index (χ2n) is 8.68. The van der Waals surface area contributed by atoms with Crippen LogP contribution in [0.2, 0.25) is 5.02 Å². The molecule has 1 aromatic heterocycles. The molecule has 3 aromatic carbocycles. The molecular weight excluding hydrogens is 466 g/mol. The van der Waals surface area contributed by atoms with Gasteiger partial charge in [-0.15, -0.1) is 5.10 Å². The molecule has 1 heterocycles. The zero-order chi connectivity index (χ0) is 24.9. The summed E-state index contributed by atoms with van der Waals surface area (Å²) in [5, 5.41) is 29.0. The summed E-state index contributed by atoms with van der Waals surface area (Å²) in [5.74, 6) is -2.14. The molecule has 0 saturated heterocycles. The molecule has 0 radical (unpaired) electrons. The molecule has 0 aliphatic carbocycles. The molecule has 0 aliphatic rings.